The van der Waals surface area contributed by atoms with E-state index in [1.54, 1.807) is 6.92 Å². The summed E-state index contributed by atoms with van der Waals surface area (Å²) >= 11 is 11.9. The van der Waals surface area contributed by atoms with E-state index < -0.39 is 0 Å². The summed E-state index contributed by atoms with van der Waals surface area (Å²) in [5, 5.41) is 3.43. The maximum atomic E-state index is 11.8. The van der Waals surface area contributed by atoms with Crippen LogP contribution in [0.2, 0.25) is 10.3 Å². The highest BCUT2D eigenvalue weighted by atomic mass is 35.5. The Kier molecular flexibility index (Phi) is 3.27. The summed E-state index contributed by atoms with van der Waals surface area (Å²) in [6.45, 7) is 3.71. The summed E-state index contributed by atoms with van der Waals surface area (Å²) in [6.07, 6.45) is 2.16. The van der Waals surface area contributed by atoms with Gasteiger partial charge in [0.2, 0.25) is 5.91 Å². The SMILES string of the molecule is Cc1nc(Cl)c(CC(=O)NC2(C)CC2)c(Cl)n1. The number of aryl methyl sites for hydroxylation is 1. The molecule has 17 heavy (non-hydrogen) atoms. The fourth-order valence-corrected chi connectivity index (χ4v) is 2.13. The van der Waals surface area contributed by atoms with Crippen molar-refractivity contribution < 1.29 is 4.79 Å². The summed E-state index contributed by atoms with van der Waals surface area (Å²) < 4.78 is 0. The molecule has 0 radical (unpaired) electrons. The third kappa shape index (κ3) is 3.07. The van der Waals surface area contributed by atoms with Gasteiger partial charge in [0, 0.05) is 11.1 Å². The Labute approximate surface area is 110 Å². The second-order valence-electron chi connectivity index (χ2n) is 4.62. The molecule has 1 aromatic heterocycles. The van der Waals surface area contributed by atoms with Crippen molar-refractivity contribution in [2.45, 2.75) is 38.6 Å². The second-order valence-corrected chi connectivity index (χ2v) is 5.33. The van der Waals surface area contributed by atoms with Gasteiger partial charge in [-0.15, -0.1) is 0 Å². The van der Waals surface area contributed by atoms with Gasteiger partial charge in [0.1, 0.15) is 16.1 Å². The Hall–Kier alpha value is -0.870. The van der Waals surface area contributed by atoms with Crippen LogP contribution in [0.4, 0.5) is 0 Å². The number of hydrogen-bond donors (Lipinski definition) is 1. The maximum Gasteiger partial charge on any atom is 0.225 e. The quantitative estimate of drug-likeness (QED) is 0.860. The van der Waals surface area contributed by atoms with Crippen LogP contribution >= 0.6 is 23.2 Å². The van der Waals surface area contributed by atoms with Gasteiger partial charge >= 0.3 is 0 Å². The average Bonchev–Trinajstić information content (AvgIpc) is 2.89. The standard InChI is InChI=1S/C11H13Cl2N3O/c1-6-14-9(12)7(10(13)15-6)5-8(17)16-11(2)3-4-11/h3-5H2,1-2H3,(H,16,17). The summed E-state index contributed by atoms with van der Waals surface area (Å²) in [4.78, 5) is 19.8. The van der Waals surface area contributed by atoms with E-state index in [4.69, 9.17) is 23.2 Å². The lowest BCUT2D eigenvalue weighted by Gasteiger charge is -2.12. The van der Waals surface area contributed by atoms with E-state index >= 15 is 0 Å². The Bertz CT molecular complexity index is 449. The van der Waals surface area contributed by atoms with Crippen LogP contribution in [0.25, 0.3) is 0 Å². The Morgan fingerprint density at radius 1 is 1.35 bits per heavy atom. The summed E-state index contributed by atoms with van der Waals surface area (Å²) in [5.41, 5.74) is 0.447. The number of nitrogens with one attached hydrogen (secondary N) is 1. The lowest BCUT2D eigenvalue weighted by atomic mass is 10.2. The van der Waals surface area contributed by atoms with Gasteiger partial charge in [-0.2, -0.15) is 0 Å². The molecule has 0 spiro atoms. The molecule has 0 unspecified atom stereocenters. The number of halogens is 2. The Morgan fingerprint density at radius 3 is 2.35 bits per heavy atom. The molecular formula is C11H13Cl2N3O. The van der Waals surface area contributed by atoms with Crippen molar-refractivity contribution in [3.8, 4) is 0 Å². The molecule has 0 saturated heterocycles. The van der Waals surface area contributed by atoms with Gasteiger partial charge in [0.15, 0.2) is 0 Å². The molecule has 92 valence electrons. The number of carbonyl (C=O) groups excluding carboxylic acids is 1. The van der Waals surface area contributed by atoms with Gasteiger partial charge in [-0.25, -0.2) is 9.97 Å². The Balaban J connectivity index is 2.10. The molecule has 4 nitrogen and oxygen atoms in total. The largest absolute Gasteiger partial charge is 0.351 e. The van der Waals surface area contributed by atoms with Gasteiger partial charge in [-0.1, -0.05) is 23.2 Å². The predicted octanol–water partition coefficient (Wildman–Crippen LogP) is 2.30. The van der Waals surface area contributed by atoms with Crippen LogP contribution < -0.4 is 5.32 Å². The van der Waals surface area contributed by atoms with Crippen LogP contribution in [-0.2, 0) is 11.2 Å². The van der Waals surface area contributed by atoms with Crippen molar-refractivity contribution in [3.63, 3.8) is 0 Å². The van der Waals surface area contributed by atoms with Crippen molar-refractivity contribution in [2.75, 3.05) is 0 Å². The minimum Gasteiger partial charge on any atom is -0.351 e. The molecule has 1 amide bonds. The fourth-order valence-electron chi connectivity index (χ4n) is 1.53. The molecule has 1 aliphatic carbocycles. The van der Waals surface area contributed by atoms with E-state index in [1.807, 2.05) is 6.92 Å². The van der Waals surface area contributed by atoms with E-state index in [-0.39, 0.29) is 28.2 Å². The highest BCUT2D eigenvalue weighted by molar-refractivity contribution is 6.34. The van der Waals surface area contributed by atoms with Crippen LogP contribution in [0.3, 0.4) is 0 Å². The van der Waals surface area contributed by atoms with Gasteiger partial charge in [-0.3, -0.25) is 4.79 Å². The third-order valence-electron chi connectivity index (χ3n) is 2.80. The van der Waals surface area contributed by atoms with E-state index in [9.17, 15) is 4.79 Å². The van der Waals surface area contributed by atoms with Crippen LogP contribution in [0.1, 0.15) is 31.2 Å². The van der Waals surface area contributed by atoms with E-state index in [2.05, 4.69) is 15.3 Å². The molecule has 0 aromatic carbocycles. The average molecular weight is 274 g/mol. The highest BCUT2D eigenvalue weighted by Gasteiger charge is 2.38. The highest BCUT2D eigenvalue weighted by Crippen LogP contribution is 2.34. The van der Waals surface area contributed by atoms with Crippen LogP contribution in [0.15, 0.2) is 0 Å². The smallest absolute Gasteiger partial charge is 0.225 e. The van der Waals surface area contributed by atoms with Crippen molar-refractivity contribution in [2.24, 2.45) is 0 Å². The monoisotopic (exact) mass is 273 g/mol. The molecule has 1 fully saturated rings. The predicted molar refractivity (Wildman–Crippen MR) is 66.3 cm³/mol. The molecule has 0 aliphatic heterocycles. The second kappa shape index (κ2) is 4.42. The molecule has 1 aromatic rings. The normalized spacial score (nSPS) is 16.7. The minimum absolute atomic E-state index is 0.0401. The van der Waals surface area contributed by atoms with Crippen LogP contribution in [0, 0.1) is 6.92 Å². The maximum absolute atomic E-state index is 11.8. The fraction of sp³-hybridized carbons (Fsp3) is 0.545. The Morgan fingerprint density at radius 2 is 1.88 bits per heavy atom. The van der Waals surface area contributed by atoms with Crippen molar-refractivity contribution >= 4 is 29.1 Å². The molecule has 0 bridgehead atoms. The summed E-state index contributed by atoms with van der Waals surface area (Å²) in [6, 6.07) is 0. The zero-order valence-electron chi connectivity index (χ0n) is 9.68. The van der Waals surface area contributed by atoms with Gasteiger partial charge in [0.25, 0.3) is 0 Å². The number of amides is 1. The van der Waals surface area contributed by atoms with Gasteiger partial charge in [0.05, 0.1) is 6.42 Å². The topological polar surface area (TPSA) is 54.9 Å². The number of hydrogen-bond acceptors (Lipinski definition) is 3. The first-order chi connectivity index (χ1) is 7.89. The van der Waals surface area contributed by atoms with Gasteiger partial charge < -0.3 is 5.32 Å². The third-order valence-corrected chi connectivity index (χ3v) is 3.42. The molecule has 0 atom stereocenters. The summed E-state index contributed by atoms with van der Waals surface area (Å²) in [5.74, 6) is 0.402. The first kappa shape index (κ1) is 12.6. The number of carbonyl (C=O) groups is 1. The van der Waals surface area contributed by atoms with Gasteiger partial charge in [-0.05, 0) is 26.7 Å². The molecular weight excluding hydrogens is 261 g/mol. The van der Waals surface area contributed by atoms with Crippen molar-refractivity contribution in [1.29, 1.82) is 0 Å². The van der Waals surface area contributed by atoms with E-state index in [1.165, 1.54) is 0 Å². The molecule has 1 aliphatic rings. The molecule has 1 N–H and O–H groups in total. The first-order valence-electron chi connectivity index (χ1n) is 5.39. The number of aromatic nitrogens is 2. The van der Waals surface area contributed by atoms with E-state index in [0.29, 0.717) is 11.4 Å². The summed E-state index contributed by atoms with van der Waals surface area (Å²) in [7, 11) is 0. The molecule has 2 rings (SSSR count). The zero-order chi connectivity index (χ0) is 12.6. The molecule has 6 heteroatoms. The lowest BCUT2D eigenvalue weighted by molar-refractivity contribution is -0.121. The lowest BCUT2D eigenvalue weighted by Crippen LogP contribution is -2.35. The van der Waals surface area contributed by atoms with Crippen molar-refractivity contribution in [1.82, 2.24) is 15.3 Å². The minimum atomic E-state index is -0.0961. The van der Waals surface area contributed by atoms with Crippen LogP contribution in [0.5, 0.6) is 0 Å². The molecule has 1 saturated carbocycles. The number of rotatable bonds is 3. The number of nitrogens with zero attached hydrogens (tertiary/aromatic N) is 2. The zero-order valence-corrected chi connectivity index (χ0v) is 11.2. The first-order valence-corrected chi connectivity index (χ1v) is 6.15. The molecule has 1 heterocycles. The van der Waals surface area contributed by atoms with E-state index in [0.717, 1.165) is 12.8 Å². The van der Waals surface area contributed by atoms with Crippen LogP contribution in [-0.4, -0.2) is 21.4 Å². The van der Waals surface area contributed by atoms with Crippen molar-refractivity contribution in [3.05, 3.63) is 21.7 Å².